The molecule has 1 saturated heterocycles. The van der Waals surface area contributed by atoms with Crippen molar-refractivity contribution in [2.45, 2.75) is 12.8 Å². The van der Waals surface area contributed by atoms with E-state index in [2.05, 4.69) is 16.6 Å². The number of carbonyl (C=O) groups excluding carboxylic acids is 1. The van der Waals surface area contributed by atoms with Gasteiger partial charge in [-0.3, -0.25) is 4.79 Å². The summed E-state index contributed by atoms with van der Waals surface area (Å²) in [5, 5.41) is 3.16. The summed E-state index contributed by atoms with van der Waals surface area (Å²) in [5.74, 6) is -0.245. The lowest BCUT2D eigenvalue weighted by atomic mass is 10.4. The molecule has 1 fully saturated rings. The molecule has 1 aliphatic rings. The summed E-state index contributed by atoms with van der Waals surface area (Å²) in [6, 6.07) is 0. The van der Waals surface area contributed by atoms with Gasteiger partial charge in [0.15, 0.2) is 0 Å². The molecule has 0 saturated carbocycles. The van der Waals surface area contributed by atoms with E-state index in [0.29, 0.717) is 0 Å². The average molecular weight is 166 g/mol. The summed E-state index contributed by atoms with van der Waals surface area (Å²) in [5.41, 5.74) is 8.04. The first-order valence-electron chi connectivity index (χ1n) is 3.79. The van der Waals surface area contributed by atoms with E-state index >= 15 is 0 Å². The lowest BCUT2D eigenvalue weighted by molar-refractivity contribution is -0.126. The molecule has 0 N–H and O–H groups in total. The van der Waals surface area contributed by atoms with Crippen LogP contribution in [-0.2, 0) is 4.79 Å². The standard InChI is InChI=1S/C7H10N4O/c1-6(9-10-8)7(12)11-4-2-3-5-11/h1-5H2. The first kappa shape index (κ1) is 8.62. The lowest BCUT2D eigenvalue weighted by Gasteiger charge is -2.13. The Balaban J connectivity index is 2.57. The van der Waals surface area contributed by atoms with Gasteiger partial charge in [-0.25, -0.2) is 0 Å². The average Bonchev–Trinajstić information content (AvgIpc) is 2.55. The van der Waals surface area contributed by atoms with Crippen LogP contribution in [0.3, 0.4) is 0 Å². The van der Waals surface area contributed by atoms with Gasteiger partial charge in [0.25, 0.3) is 5.91 Å². The Bertz CT molecular complexity index is 248. The molecule has 5 heteroatoms. The third-order valence-electron chi connectivity index (χ3n) is 1.81. The summed E-state index contributed by atoms with van der Waals surface area (Å²) < 4.78 is 0. The molecular weight excluding hydrogens is 156 g/mol. The van der Waals surface area contributed by atoms with Crippen molar-refractivity contribution in [1.29, 1.82) is 0 Å². The molecule has 0 atom stereocenters. The maximum Gasteiger partial charge on any atom is 0.255 e. The summed E-state index contributed by atoms with van der Waals surface area (Å²) in [6.07, 6.45) is 2.05. The highest BCUT2D eigenvalue weighted by atomic mass is 16.2. The summed E-state index contributed by atoms with van der Waals surface area (Å²) >= 11 is 0. The minimum absolute atomic E-state index is 0.0144. The van der Waals surface area contributed by atoms with Crippen molar-refractivity contribution in [3.8, 4) is 0 Å². The number of amides is 1. The van der Waals surface area contributed by atoms with E-state index in [0.717, 1.165) is 25.9 Å². The maximum atomic E-state index is 11.3. The van der Waals surface area contributed by atoms with Crippen molar-refractivity contribution in [1.82, 2.24) is 4.90 Å². The zero-order valence-corrected chi connectivity index (χ0v) is 6.73. The van der Waals surface area contributed by atoms with E-state index < -0.39 is 0 Å². The van der Waals surface area contributed by atoms with Crippen LogP contribution >= 0.6 is 0 Å². The van der Waals surface area contributed by atoms with Crippen LogP contribution in [0.2, 0.25) is 0 Å². The van der Waals surface area contributed by atoms with Crippen molar-refractivity contribution >= 4 is 5.91 Å². The van der Waals surface area contributed by atoms with Crippen molar-refractivity contribution in [2.24, 2.45) is 5.11 Å². The van der Waals surface area contributed by atoms with E-state index in [9.17, 15) is 4.79 Å². The molecule has 0 unspecified atom stereocenters. The van der Waals surface area contributed by atoms with Gasteiger partial charge in [-0.2, -0.15) is 0 Å². The van der Waals surface area contributed by atoms with E-state index in [-0.39, 0.29) is 11.6 Å². The van der Waals surface area contributed by atoms with Crippen LogP contribution in [0.5, 0.6) is 0 Å². The van der Waals surface area contributed by atoms with Crippen LogP contribution < -0.4 is 0 Å². The van der Waals surface area contributed by atoms with Crippen LogP contribution in [0.1, 0.15) is 12.8 Å². The Hall–Kier alpha value is -1.48. The van der Waals surface area contributed by atoms with Crippen LogP contribution in [0.4, 0.5) is 0 Å². The van der Waals surface area contributed by atoms with Crippen molar-refractivity contribution < 1.29 is 4.79 Å². The molecule has 0 bridgehead atoms. The predicted octanol–water partition coefficient (Wildman–Crippen LogP) is 1.43. The monoisotopic (exact) mass is 166 g/mol. The fraction of sp³-hybridized carbons (Fsp3) is 0.571. The second kappa shape index (κ2) is 3.78. The molecule has 64 valence electrons. The highest BCUT2D eigenvalue weighted by Crippen LogP contribution is 2.11. The zero-order valence-electron chi connectivity index (χ0n) is 6.73. The van der Waals surface area contributed by atoms with Gasteiger partial charge in [0.1, 0.15) is 0 Å². The van der Waals surface area contributed by atoms with Gasteiger partial charge in [0.05, 0.1) is 5.70 Å². The Kier molecular flexibility index (Phi) is 2.71. The minimum atomic E-state index is -0.245. The van der Waals surface area contributed by atoms with E-state index in [4.69, 9.17) is 5.53 Å². The third kappa shape index (κ3) is 1.77. The number of nitrogens with zero attached hydrogens (tertiary/aromatic N) is 4. The molecule has 0 radical (unpaired) electrons. The van der Waals surface area contributed by atoms with Crippen LogP contribution in [0.25, 0.3) is 10.4 Å². The molecule has 0 aromatic heterocycles. The summed E-state index contributed by atoms with van der Waals surface area (Å²) in [4.78, 5) is 15.5. The molecule has 0 aromatic rings. The number of carbonyl (C=O) groups is 1. The second-order valence-electron chi connectivity index (χ2n) is 2.64. The Labute approximate surface area is 70.3 Å². The minimum Gasteiger partial charge on any atom is -0.339 e. The highest BCUT2D eigenvalue weighted by molar-refractivity contribution is 5.92. The normalized spacial score (nSPS) is 15.5. The molecule has 12 heavy (non-hydrogen) atoms. The van der Waals surface area contributed by atoms with Crippen LogP contribution in [-0.4, -0.2) is 23.9 Å². The topological polar surface area (TPSA) is 69.1 Å². The van der Waals surface area contributed by atoms with E-state index in [1.807, 2.05) is 0 Å². The molecule has 1 amide bonds. The maximum absolute atomic E-state index is 11.3. The fourth-order valence-corrected chi connectivity index (χ4v) is 1.20. The molecule has 5 nitrogen and oxygen atoms in total. The lowest BCUT2D eigenvalue weighted by Crippen LogP contribution is -2.27. The Morgan fingerprint density at radius 3 is 2.58 bits per heavy atom. The van der Waals surface area contributed by atoms with E-state index in [1.54, 1.807) is 4.90 Å². The van der Waals surface area contributed by atoms with Gasteiger partial charge < -0.3 is 4.90 Å². The molecule has 0 aliphatic carbocycles. The Morgan fingerprint density at radius 2 is 2.08 bits per heavy atom. The summed E-state index contributed by atoms with van der Waals surface area (Å²) in [6.45, 7) is 4.87. The van der Waals surface area contributed by atoms with Gasteiger partial charge in [-0.1, -0.05) is 11.7 Å². The SMILES string of the molecule is C=C(N=[N+]=[N-])C(=O)N1CCCC1. The van der Waals surface area contributed by atoms with Crippen molar-refractivity contribution in [3.63, 3.8) is 0 Å². The third-order valence-corrected chi connectivity index (χ3v) is 1.81. The number of azide groups is 1. The zero-order chi connectivity index (χ0) is 8.97. The van der Waals surface area contributed by atoms with Crippen molar-refractivity contribution in [3.05, 3.63) is 22.7 Å². The van der Waals surface area contributed by atoms with Crippen LogP contribution in [0, 0.1) is 0 Å². The van der Waals surface area contributed by atoms with Gasteiger partial charge in [0.2, 0.25) is 0 Å². The molecule has 1 heterocycles. The second-order valence-corrected chi connectivity index (χ2v) is 2.64. The number of hydrogen-bond donors (Lipinski definition) is 0. The van der Waals surface area contributed by atoms with Gasteiger partial charge >= 0.3 is 0 Å². The van der Waals surface area contributed by atoms with Crippen molar-refractivity contribution in [2.75, 3.05) is 13.1 Å². The summed E-state index contributed by atoms with van der Waals surface area (Å²) in [7, 11) is 0. The highest BCUT2D eigenvalue weighted by Gasteiger charge is 2.18. The number of likely N-dealkylation sites (tertiary alicyclic amines) is 1. The number of rotatable bonds is 2. The first-order chi connectivity index (χ1) is 5.75. The largest absolute Gasteiger partial charge is 0.339 e. The van der Waals surface area contributed by atoms with Gasteiger partial charge in [-0.05, 0) is 18.4 Å². The predicted molar refractivity (Wildman–Crippen MR) is 44.1 cm³/mol. The number of hydrogen-bond acceptors (Lipinski definition) is 2. The molecule has 0 aromatic carbocycles. The van der Waals surface area contributed by atoms with Gasteiger partial charge in [-0.15, -0.1) is 0 Å². The van der Waals surface area contributed by atoms with Gasteiger partial charge in [0, 0.05) is 18.0 Å². The smallest absolute Gasteiger partial charge is 0.255 e. The van der Waals surface area contributed by atoms with Crippen LogP contribution in [0.15, 0.2) is 17.4 Å². The fourth-order valence-electron chi connectivity index (χ4n) is 1.20. The molecule has 0 spiro atoms. The molecule has 1 rings (SSSR count). The molecule has 1 aliphatic heterocycles. The van der Waals surface area contributed by atoms with E-state index in [1.165, 1.54) is 0 Å². The molecular formula is C7H10N4O. The Morgan fingerprint density at radius 1 is 1.50 bits per heavy atom. The quantitative estimate of drug-likeness (QED) is 0.265. The first-order valence-corrected chi connectivity index (χ1v) is 3.79.